The van der Waals surface area contributed by atoms with Gasteiger partial charge in [-0.1, -0.05) is 22.5 Å². The molecule has 4 rings (SSSR count). The molecule has 0 saturated carbocycles. The van der Waals surface area contributed by atoms with Gasteiger partial charge < -0.3 is 9.88 Å². The maximum atomic E-state index is 13.0. The van der Waals surface area contributed by atoms with Crippen molar-refractivity contribution >= 4 is 87.5 Å². The average molecular weight is 411 g/mol. The number of anilines is 1. The van der Waals surface area contributed by atoms with Crippen molar-refractivity contribution in [1.82, 2.24) is 19.5 Å². The maximum Gasteiger partial charge on any atom is 0.257 e. The zero-order chi connectivity index (χ0) is 21.6. The summed E-state index contributed by atoms with van der Waals surface area (Å²) < 4.78 is 1.91. The van der Waals surface area contributed by atoms with E-state index in [-0.39, 0.29) is 5.91 Å². The fourth-order valence-electron chi connectivity index (χ4n) is 3.55. The lowest BCUT2D eigenvalue weighted by atomic mass is 9.65. The number of carbonyl (C=O) groups is 1. The molecule has 6 nitrogen and oxygen atoms in total. The first kappa shape index (κ1) is 20.3. The fourth-order valence-corrected chi connectivity index (χ4v) is 3.92. The van der Waals surface area contributed by atoms with Crippen LogP contribution in [0, 0.1) is 0 Å². The molecular formula is C19H18B4ClN5O. The molecule has 0 fully saturated rings. The van der Waals surface area contributed by atoms with Gasteiger partial charge in [0.1, 0.15) is 37.2 Å². The van der Waals surface area contributed by atoms with Gasteiger partial charge in [-0.3, -0.25) is 4.79 Å². The first-order valence-corrected chi connectivity index (χ1v) is 9.96. The van der Waals surface area contributed by atoms with Crippen LogP contribution in [0.15, 0.2) is 36.9 Å². The number of aromatic nitrogens is 4. The van der Waals surface area contributed by atoms with E-state index < -0.39 is 0 Å². The van der Waals surface area contributed by atoms with Gasteiger partial charge in [0.05, 0.1) is 35.0 Å². The van der Waals surface area contributed by atoms with Crippen LogP contribution in [0.25, 0.3) is 22.3 Å². The van der Waals surface area contributed by atoms with Gasteiger partial charge >= 0.3 is 0 Å². The summed E-state index contributed by atoms with van der Waals surface area (Å²) in [7, 11) is 9.78. The number of hydrogen-bond donors (Lipinski definition) is 1. The van der Waals surface area contributed by atoms with E-state index in [4.69, 9.17) is 16.6 Å². The number of nitrogens with one attached hydrogen (secondary N) is 1. The molecular weight excluding hydrogens is 393 g/mol. The Bertz CT molecular complexity index is 1300. The second-order valence-corrected chi connectivity index (χ2v) is 7.87. The summed E-state index contributed by atoms with van der Waals surface area (Å²) in [4.78, 5) is 26.3. The molecule has 11 heteroatoms. The Balaban J connectivity index is 1.71. The highest BCUT2D eigenvalue weighted by atomic mass is 35.5. The molecule has 1 N–H and O–H groups in total. The van der Waals surface area contributed by atoms with Crippen molar-refractivity contribution in [1.29, 1.82) is 0 Å². The van der Waals surface area contributed by atoms with E-state index >= 15 is 0 Å². The standard InChI is InChI=1S/C19H18B4ClN5O/c1-29-7-25-6-11(29)9-3-2-8-5-26-12(4-10(8)27-9)28-19(30)13-14(20)15(21)16(22)17(23)18(13)24/h2-7H,20-23H2,1H3,(H,26,28,30). The predicted molar refractivity (Wildman–Crippen MR) is 134 cm³/mol. The number of nitrogens with zero attached hydrogens (tertiary/aromatic N) is 4. The van der Waals surface area contributed by atoms with Crippen LogP contribution >= 0.6 is 11.6 Å². The number of aryl methyl sites for hydroxylation is 1. The van der Waals surface area contributed by atoms with Crippen LogP contribution in [-0.4, -0.2) is 56.8 Å². The number of fused-ring (bicyclic) bond motifs is 1. The number of amides is 1. The highest BCUT2D eigenvalue weighted by Gasteiger charge is 2.19. The lowest BCUT2D eigenvalue weighted by molar-refractivity contribution is 0.102. The van der Waals surface area contributed by atoms with Crippen LogP contribution in [0.3, 0.4) is 0 Å². The monoisotopic (exact) mass is 411 g/mol. The highest BCUT2D eigenvalue weighted by molar-refractivity contribution is 6.66. The first-order chi connectivity index (χ1) is 14.3. The van der Waals surface area contributed by atoms with Gasteiger partial charge in [-0.05, 0) is 12.1 Å². The zero-order valence-electron chi connectivity index (χ0n) is 17.5. The number of rotatable bonds is 3. The second kappa shape index (κ2) is 7.69. The smallest absolute Gasteiger partial charge is 0.257 e. The average Bonchev–Trinajstić information content (AvgIpc) is 3.16. The van der Waals surface area contributed by atoms with E-state index in [0.717, 1.165) is 44.1 Å². The van der Waals surface area contributed by atoms with Crippen LogP contribution < -0.4 is 27.2 Å². The van der Waals surface area contributed by atoms with Crippen molar-refractivity contribution in [3.63, 3.8) is 0 Å². The Morgan fingerprint density at radius 3 is 2.50 bits per heavy atom. The van der Waals surface area contributed by atoms with Crippen molar-refractivity contribution < 1.29 is 4.79 Å². The SMILES string of the molecule is Bc1c(B)c(B)c(C(=O)Nc2cc3nc(-c4cncn4C)ccc3cn2)c(Cl)c1B. The topological polar surface area (TPSA) is 72.7 Å². The third-order valence-electron chi connectivity index (χ3n) is 5.73. The van der Waals surface area contributed by atoms with E-state index in [9.17, 15) is 4.79 Å². The highest BCUT2D eigenvalue weighted by Crippen LogP contribution is 2.22. The minimum absolute atomic E-state index is 0.279. The van der Waals surface area contributed by atoms with Crippen LogP contribution in [0.5, 0.6) is 0 Å². The Morgan fingerprint density at radius 2 is 1.80 bits per heavy atom. The second-order valence-electron chi connectivity index (χ2n) is 7.49. The third kappa shape index (κ3) is 3.41. The normalized spacial score (nSPS) is 11.0. The molecule has 0 aliphatic carbocycles. The lowest BCUT2D eigenvalue weighted by Gasteiger charge is -2.17. The molecule has 3 heterocycles. The Kier molecular flexibility index (Phi) is 5.20. The molecule has 0 unspecified atom stereocenters. The van der Waals surface area contributed by atoms with E-state index in [1.54, 1.807) is 24.8 Å². The number of imidazole rings is 1. The predicted octanol–water partition coefficient (Wildman–Crippen LogP) is -3.03. The summed E-state index contributed by atoms with van der Waals surface area (Å²) in [6.07, 6.45) is 5.20. The molecule has 0 atom stereocenters. The molecule has 144 valence electrons. The van der Waals surface area contributed by atoms with Crippen molar-refractivity contribution in [2.75, 3.05) is 5.32 Å². The third-order valence-corrected chi connectivity index (χ3v) is 6.21. The number of halogens is 1. The molecule has 0 aliphatic rings. The molecule has 0 radical (unpaired) electrons. The summed E-state index contributed by atoms with van der Waals surface area (Å²) in [5.74, 6) is 0.145. The van der Waals surface area contributed by atoms with Gasteiger partial charge in [-0.25, -0.2) is 15.0 Å². The molecule has 4 aromatic rings. The molecule has 0 saturated heterocycles. The minimum Gasteiger partial charge on any atom is -0.332 e. The Hall–Kier alpha value is -2.99. The lowest BCUT2D eigenvalue weighted by Crippen LogP contribution is -2.50. The van der Waals surface area contributed by atoms with Gasteiger partial charge in [0.15, 0.2) is 0 Å². The molecule has 3 aromatic heterocycles. The Morgan fingerprint density at radius 1 is 1.07 bits per heavy atom. The fraction of sp³-hybridized carbons (Fsp3) is 0.0526. The summed E-state index contributed by atoms with van der Waals surface area (Å²) >= 11 is 6.52. The molecule has 0 spiro atoms. The van der Waals surface area contributed by atoms with E-state index in [1.807, 2.05) is 55.1 Å². The Labute approximate surface area is 183 Å². The summed E-state index contributed by atoms with van der Waals surface area (Å²) in [6, 6.07) is 5.65. The largest absolute Gasteiger partial charge is 0.332 e. The minimum atomic E-state index is -0.279. The summed E-state index contributed by atoms with van der Waals surface area (Å²) in [6.45, 7) is 0. The number of pyridine rings is 2. The molecule has 30 heavy (non-hydrogen) atoms. The van der Waals surface area contributed by atoms with E-state index in [0.29, 0.717) is 16.4 Å². The van der Waals surface area contributed by atoms with Gasteiger partial charge in [0, 0.05) is 29.7 Å². The van der Waals surface area contributed by atoms with Crippen molar-refractivity contribution in [2.24, 2.45) is 7.05 Å². The molecule has 0 aliphatic heterocycles. The van der Waals surface area contributed by atoms with Gasteiger partial charge in [0.25, 0.3) is 5.91 Å². The molecule has 0 bridgehead atoms. The zero-order valence-corrected chi connectivity index (χ0v) is 18.3. The summed E-state index contributed by atoms with van der Waals surface area (Å²) in [5, 5.41) is 4.24. The summed E-state index contributed by atoms with van der Waals surface area (Å²) in [5.41, 5.74) is 6.88. The van der Waals surface area contributed by atoms with Gasteiger partial charge in [-0.15, -0.1) is 10.9 Å². The van der Waals surface area contributed by atoms with E-state index in [1.165, 1.54) is 0 Å². The number of benzene rings is 1. The van der Waals surface area contributed by atoms with Crippen molar-refractivity contribution in [3.8, 4) is 11.4 Å². The van der Waals surface area contributed by atoms with Crippen LogP contribution in [0.1, 0.15) is 10.4 Å². The maximum absolute atomic E-state index is 13.0. The van der Waals surface area contributed by atoms with Crippen molar-refractivity contribution in [3.05, 3.63) is 47.5 Å². The quantitative estimate of drug-likeness (QED) is 0.365. The van der Waals surface area contributed by atoms with Gasteiger partial charge in [-0.2, -0.15) is 0 Å². The van der Waals surface area contributed by atoms with Crippen molar-refractivity contribution in [2.45, 2.75) is 0 Å². The number of hydrogen-bond acceptors (Lipinski definition) is 4. The van der Waals surface area contributed by atoms with Crippen LogP contribution in [0.2, 0.25) is 5.02 Å². The van der Waals surface area contributed by atoms with Gasteiger partial charge in [0.2, 0.25) is 0 Å². The van der Waals surface area contributed by atoms with E-state index in [2.05, 4.69) is 15.3 Å². The first-order valence-electron chi connectivity index (χ1n) is 9.58. The van der Waals surface area contributed by atoms with Crippen LogP contribution in [0.4, 0.5) is 5.82 Å². The number of carbonyl (C=O) groups excluding carboxylic acids is 1. The molecule has 1 aromatic carbocycles. The van der Waals surface area contributed by atoms with Crippen LogP contribution in [-0.2, 0) is 7.05 Å². The molecule has 1 amide bonds.